The number of nitrogens with zero attached hydrogens (tertiary/aromatic N) is 2. The molecule has 0 heterocycles. The third kappa shape index (κ3) is 4.66. The van der Waals surface area contributed by atoms with Gasteiger partial charge in [0.2, 0.25) is 10.0 Å². The molecule has 0 fully saturated rings. The Hall–Kier alpha value is -1.70. The first-order valence-corrected chi connectivity index (χ1v) is 8.83. The predicted molar refractivity (Wildman–Crippen MR) is 90.7 cm³/mol. The molecule has 116 valence electrons. The van der Waals surface area contributed by atoms with Gasteiger partial charge in [0.25, 0.3) is 0 Å². The summed E-state index contributed by atoms with van der Waals surface area (Å²) in [7, 11) is -3.53. The van der Waals surface area contributed by atoms with Gasteiger partial charge in [-0.05, 0) is 43.3 Å². The van der Waals surface area contributed by atoms with Gasteiger partial charge in [0.15, 0.2) is 0 Å². The fourth-order valence-corrected chi connectivity index (χ4v) is 3.13. The quantitative estimate of drug-likeness (QED) is 0.624. The van der Waals surface area contributed by atoms with Crippen LogP contribution < -0.4 is 4.72 Å². The van der Waals surface area contributed by atoms with Gasteiger partial charge in [0, 0.05) is 11.8 Å². The van der Waals surface area contributed by atoms with E-state index in [0.29, 0.717) is 11.4 Å². The molecule has 0 saturated carbocycles. The van der Waals surface area contributed by atoms with Crippen molar-refractivity contribution in [1.29, 1.82) is 0 Å². The molecule has 0 radical (unpaired) electrons. The SMILES string of the molecule is CC(CS)NS(=O)(=O)c1ccc(/N=N/c2ccccc2)cc1. The Labute approximate surface area is 135 Å². The van der Waals surface area contributed by atoms with Gasteiger partial charge >= 0.3 is 0 Å². The third-order valence-corrected chi connectivity index (χ3v) is 4.97. The van der Waals surface area contributed by atoms with Gasteiger partial charge in [0.1, 0.15) is 0 Å². The smallest absolute Gasteiger partial charge is 0.208 e. The maximum Gasteiger partial charge on any atom is 0.240 e. The van der Waals surface area contributed by atoms with Crippen LogP contribution >= 0.6 is 12.6 Å². The Morgan fingerprint density at radius 2 is 1.55 bits per heavy atom. The highest BCUT2D eigenvalue weighted by Crippen LogP contribution is 2.20. The van der Waals surface area contributed by atoms with Crippen molar-refractivity contribution in [3.8, 4) is 0 Å². The van der Waals surface area contributed by atoms with E-state index in [4.69, 9.17) is 0 Å². The van der Waals surface area contributed by atoms with Crippen molar-refractivity contribution in [2.45, 2.75) is 17.9 Å². The molecule has 1 atom stereocenters. The Morgan fingerprint density at radius 1 is 1.00 bits per heavy atom. The number of sulfonamides is 1. The fourth-order valence-electron chi connectivity index (χ4n) is 1.67. The average molecular weight is 335 g/mol. The molecule has 1 unspecified atom stereocenters. The standard InChI is InChI=1S/C15H17N3O2S2/c1-12(11-21)18-22(19,20)15-9-7-14(8-10-15)17-16-13-5-3-2-4-6-13/h2-10,12,18,21H,11H2,1H3/b17-16+. The molecule has 0 bridgehead atoms. The van der Waals surface area contributed by atoms with Crippen LogP contribution in [0.2, 0.25) is 0 Å². The topological polar surface area (TPSA) is 70.9 Å². The maximum absolute atomic E-state index is 12.1. The Morgan fingerprint density at radius 3 is 2.09 bits per heavy atom. The number of azo groups is 1. The van der Waals surface area contributed by atoms with E-state index in [1.165, 1.54) is 12.1 Å². The van der Waals surface area contributed by atoms with Crippen molar-refractivity contribution in [1.82, 2.24) is 4.72 Å². The third-order valence-electron chi connectivity index (χ3n) is 2.81. The zero-order valence-corrected chi connectivity index (χ0v) is 13.8. The zero-order chi connectivity index (χ0) is 16.0. The average Bonchev–Trinajstić information content (AvgIpc) is 2.54. The van der Waals surface area contributed by atoms with E-state index in [1.807, 2.05) is 30.3 Å². The monoisotopic (exact) mass is 335 g/mol. The highest BCUT2D eigenvalue weighted by molar-refractivity contribution is 7.89. The highest BCUT2D eigenvalue weighted by atomic mass is 32.2. The summed E-state index contributed by atoms with van der Waals surface area (Å²) in [5.74, 6) is 0.433. The van der Waals surface area contributed by atoms with E-state index < -0.39 is 10.0 Å². The van der Waals surface area contributed by atoms with E-state index >= 15 is 0 Å². The van der Waals surface area contributed by atoms with Gasteiger partial charge in [-0.1, -0.05) is 18.2 Å². The minimum atomic E-state index is -3.53. The summed E-state index contributed by atoms with van der Waals surface area (Å²) < 4.78 is 26.7. The van der Waals surface area contributed by atoms with Crippen molar-refractivity contribution in [3.05, 3.63) is 54.6 Å². The Bertz CT molecular complexity index is 729. The van der Waals surface area contributed by atoms with E-state index in [2.05, 4.69) is 27.6 Å². The molecule has 0 spiro atoms. The van der Waals surface area contributed by atoms with Crippen LogP contribution in [0.25, 0.3) is 0 Å². The molecular weight excluding hydrogens is 318 g/mol. The molecule has 2 rings (SSSR count). The van der Waals surface area contributed by atoms with Gasteiger partial charge in [-0.2, -0.15) is 22.9 Å². The van der Waals surface area contributed by atoms with Gasteiger partial charge in [-0.25, -0.2) is 13.1 Å². The second-order valence-corrected chi connectivity index (χ2v) is 6.81. The van der Waals surface area contributed by atoms with E-state index in [0.717, 1.165) is 5.69 Å². The van der Waals surface area contributed by atoms with E-state index in [-0.39, 0.29) is 10.9 Å². The normalized spacial score (nSPS) is 13.4. The molecule has 22 heavy (non-hydrogen) atoms. The fraction of sp³-hybridized carbons (Fsp3) is 0.200. The summed E-state index contributed by atoms with van der Waals surface area (Å²) in [6.45, 7) is 1.76. The molecule has 0 saturated heterocycles. The summed E-state index contributed by atoms with van der Waals surface area (Å²) >= 11 is 4.06. The first kappa shape index (κ1) is 16.7. The Kier molecular flexibility index (Phi) is 5.70. The van der Waals surface area contributed by atoms with E-state index in [9.17, 15) is 8.42 Å². The number of rotatable bonds is 6. The molecule has 2 aromatic rings. The summed E-state index contributed by atoms with van der Waals surface area (Å²) in [5, 5.41) is 8.15. The second kappa shape index (κ2) is 7.53. The van der Waals surface area contributed by atoms with Crippen LogP contribution in [0, 0.1) is 0 Å². The lowest BCUT2D eigenvalue weighted by molar-refractivity contribution is 0.571. The zero-order valence-electron chi connectivity index (χ0n) is 12.0. The lowest BCUT2D eigenvalue weighted by Gasteiger charge is -2.11. The van der Waals surface area contributed by atoms with Crippen molar-refractivity contribution < 1.29 is 8.42 Å². The molecular formula is C15H17N3O2S2. The second-order valence-electron chi connectivity index (χ2n) is 4.73. The summed E-state index contributed by atoms with van der Waals surface area (Å²) in [6, 6.07) is 15.3. The van der Waals surface area contributed by atoms with Gasteiger partial charge in [-0.15, -0.1) is 0 Å². The molecule has 0 aromatic heterocycles. The molecule has 7 heteroatoms. The first-order chi connectivity index (χ1) is 10.5. The van der Waals surface area contributed by atoms with Gasteiger partial charge in [-0.3, -0.25) is 0 Å². The lowest BCUT2D eigenvalue weighted by atomic mass is 10.3. The lowest BCUT2D eigenvalue weighted by Crippen LogP contribution is -2.33. The number of benzene rings is 2. The Balaban J connectivity index is 2.12. The summed E-state index contributed by atoms with van der Waals surface area (Å²) in [4.78, 5) is 0.194. The molecule has 5 nitrogen and oxygen atoms in total. The van der Waals surface area contributed by atoms with Crippen LogP contribution in [0.4, 0.5) is 11.4 Å². The predicted octanol–water partition coefficient (Wildman–Crippen LogP) is 3.70. The van der Waals surface area contributed by atoms with Crippen LogP contribution in [0.15, 0.2) is 69.7 Å². The van der Waals surface area contributed by atoms with Crippen LogP contribution in [0.3, 0.4) is 0 Å². The van der Waals surface area contributed by atoms with Crippen LogP contribution in [0.1, 0.15) is 6.92 Å². The van der Waals surface area contributed by atoms with Gasteiger partial charge < -0.3 is 0 Å². The summed E-state index contributed by atoms with van der Waals surface area (Å²) in [5.41, 5.74) is 1.33. The molecule has 0 aliphatic carbocycles. The van der Waals surface area contributed by atoms with Crippen molar-refractivity contribution in [2.75, 3.05) is 5.75 Å². The minimum Gasteiger partial charge on any atom is -0.208 e. The largest absolute Gasteiger partial charge is 0.240 e. The molecule has 1 N–H and O–H groups in total. The minimum absolute atomic E-state index is 0.194. The first-order valence-electron chi connectivity index (χ1n) is 6.71. The van der Waals surface area contributed by atoms with Crippen molar-refractivity contribution in [3.63, 3.8) is 0 Å². The molecule has 0 aliphatic rings. The van der Waals surface area contributed by atoms with Crippen LogP contribution in [0.5, 0.6) is 0 Å². The molecule has 2 aromatic carbocycles. The highest BCUT2D eigenvalue weighted by Gasteiger charge is 2.16. The van der Waals surface area contributed by atoms with Crippen molar-refractivity contribution >= 4 is 34.0 Å². The molecule has 0 aliphatic heterocycles. The van der Waals surface area contributed by atoms with E-state index in [1.54, 1.807) is 19.1 Å². The maximum atomic E-state index is 12.1. The van der Waals surface area contributed by atoms with Crippen LogP contribution in [-0.4, -0.2) is 20.2 Å². The number of thiol groups is 1. The van der Waals surface area contributed by atoms with Crippen molar-refractivity contribution in [2.24, 2.45) is 10.2 Å². The molecule has 0 amide bonds. The number of hydrogen-bond acceptors (Lipinski definition) is 5. The van der Waals surface area contributed by atoms with Crippen LogP contribution in [-0.2, 0) is 10.0 Å². The number of nitrogens with one attached hydrogen (secondary N) is 1. The summed E-state index contributed by atoms with van der Waals surface area (Å²) in [6.07, 6.45) is 0. The van der Waals surface area contributed by atoms with Gasteiger partial charge in [0.05, 0.1) is 16.3 Å². The number of hydrogen-bond donors (Lipinski definition) is 2.